The molecule has 1 fully saturated rings. The van der Waals surface area contributed by atoms with Crippen molar-refractivity contribution in [3.63, 3.8) is 0 Å². The van der Waals surface area contributed by atoms with Crippen molar-refractivity contribution in [1.29, 1.82) is 0 Å². The molecule has 2 aromatic rings. The summed E-state index contributed by atoms with van der Waals surface area (Å²) in [6, 6.07) is 13.2. The highest BCUT2D eigenvalue weighted by Crippen LogP contribution is 2.49. The second-order valence-electron chi connectivity index (χ2n) is 7.44. The van der Waals surface area contributed by atoms with Crippen LogP contribution in [0.5, 0.6) is 11.5 Å². The Hall–Kier alpha value is -2.53. The van der Waals surface area contributed by atoms with E-state index in [1.165, 1.54) is 5.56 Å². The van der Waals surface area contributed by atoms with E-state index in [-0.39, 0.29) is 11.7 Å². The second-order valence-corrected chi connectivity index (χ2v) is 7.44. The first-order chi connectivity index (χ1) is 12.5. The molecule has 2 aliphatic rings. The van der Waals surface area contributed by atoms with E-state index in [9.17, 15) is 4.79 Å². The van der Waals surface area contributed by atoms with Crippen molar-refractivity contribution < 1.29 is 19.0 Å². The van der Waals surface area contributed by atoms with Crippen LogP contribution in [0.1, 0.15) is 44.2 Å². The summed E-state index contributed by atoms with van der Waals surface area (Å²) in [5.74, 6) is 1.75. The van der Waals surface area contributed by atoms with E-state index in [1.54, 1.807) is 6.07 Å². The fourth-order valence-corrected chi connectivity index (χ4v) is 3.54. The molecule has 1 N–H and O–H groups in total. The normalized spacial score (nSPS) is 23.3. The van der Waals surface area contributed by atoms with E-state index in [1.807, 2.05) is 36.4 Å². The number of nitrogens with one attached hydrogen (secondary N) is 1. The molecule has 5 heteroatoms. The minimum absolute atomic E-state index is 0.183. The van der Waals surface area contributed by atoms with Crippen LogP contribution >= 0.6 is 0 Å². The molecule has 2 atom stereocenters. The van der Waals surface area contributed by atoms with Gasteiger partial charge in [0, 0.05) is 11.3 Å². The maximum atomic E-state index is 12.2. The predicted octanol–water partition coefficient (Wildman–Crippen LogP) is 4.82. The van der Waals surface area contributed by atoms with Gasteiger partial charge in [-0.3, -0.25) is 5.32 Å². The molecular formula is C21H23NO4. The van der Waals surface area contributed by atoms with Crippen molar-refractivity contribution in [3.05, 3.63) is 53.6 Å². The first-order valence-electron chi connectivity index (χ1n) is 8.97. The van der Waals surface area contributed by atoms with Crippen LogP contribution < -0.4 is 14.8 Å². The van der Waals surface area contributed by atoms with E-state index < -0.39 is 6.09 Å². The molecule has 26 heavy (non-hydrogen) atoms. The van der Waals surface area contributed by atoms with Crippen LogP contribution in [0, 0.1) is 0 Å². The lowest BCUT2D eigenvalue weighted by atomic mass is 9.82. The maximum Gasteiger partial charge on any atom is 0.417 e. The Bertz CT molecular complexity index is 830. The standard InChI is InChI=1S/C21H23NO4/c1-13(2)14-4-6-15(7-5-14)22-20(23)25-16-8-9-18-17(12-16)21(3)10-11-24-19(21)26-18/h4-9,12-13,19H,10-11H2,1-3H3,(H,22,23)/t19?,21-/m0/s1. The Kier molecular flexibility index (Phi) is 4.11. The number of carbonyl (C=O) groups is 1. The highest BCUT2D eigenvalue weighted by molar-refractivity contribution is 5.86. The molecule has 136 valence electrons. The van der Waals surface area contributed by atoms with Crippen LogP contribution in [0.4, 0.5) is 10.5 Å². The summed E-state index contributed by atoms with van der Waals surface area (Å²) in [6.07, 6.45) is 0.134. The third-order valence-corrected chi connectivity index (χ3v) is 5.25. The number of amides is 1. The number of hydrogen-bond donors (Lipinski definition) is 1. The number of carbonyl (C=O) groups excluding carboxylic acids is 1. The van der Waals surface area contributed by atoms with E-state index >= 15 is 0 Å². The first kappa shape index (κ1) is 16.9. The number of ether oxygens (including phenoxy) is 3. The van der Waals surface area contributed by atoms with Gasteiger partial charge < -0.3 is 14.2 Å². The molecule has 0 bridgehead atoms. The summed E-state index contributed by atoms with van der Waals surface area (Å²) < 4.78 is 17.0. The van der Waals surface area contributed by atoms with Gasteiger partial charge >= 0.3 is 6.09 Å². The van der Waals surface area contributed by atoms with Crippen LogP contribution in [0.25, 0.3) is 0 Å². The van der Waals surface area contributed by atoms with Gasteiger partial charge in [-0.2, -0.15) is 0 Å². The third kappa shape index (κ3) is 2.92. The molecule has 2 aromatic carbocycles. The van der Waals surface area contributed by atoms with Crippen LogP contribution in [0.2, 0.25) is 0 Å². The number of hydrogen-bond acceptors (Lipinski definition) is 4. The highest BCUT2D eigenvalue weighted by Gasteiger charge is 2.50. The highest BCUT2D eigenvalue weighted by atomic mass is 16.7. The third-order valence-electron chi connectivity index (χ3n) is 5.25. The summed E-state index contributed by atoms with van der Waals surface area (Å²) in [5, 5.41) is 2.76. The molecule has 0 saturated carbocycles. The van der Waals surface area contributed by atoms with Gasteiger partial charge in [0.25, 0.3) is 0 Å². The van der Waals surface area contributed by atoms with Gasteiger partial charge in [0.2, 0.25) is 6.29 Å². The number of fused-ring (bicyclic) bond motifs is 3. The van der Waals surface area contributed by atoms with Crippen LogP contribution in [-0.2, 0) is 10.2 Å². The van der Waals surface area contributed by atoms with Gasteiger partial charge in [-0.05, 0) is 55.2 Å². The molecule has 1 saturated heterocycles. The lowest BCUT2D eigenvalue weighted by Crippen LogP contribution is -2.30. The number of rotatable bonds is 3. The maximum absolute atomic E-state index is 12.2. The average molecular weight is 353 g/mol. The fraction of sp³-hybridized carbons (Fsp3) is 0.381. The summed E-state index contributed by atoms with van der Waals surface area (Å²) in [4.78, 5) is 12.2. The van der Waals surface area contributed by atoms with Crippen LogP contribution in [0.15, 0.2) is 42.5 Å². The summed E-state index contributed by atoms with van der Waals surface area (Å²) >= 11 is 0. The Morgan fingerprint density at radius 1 is 1.23 bits per heavy atom. The Morgan fingerprint density at radius 2 is 2.00 bits per heavy atom. The van der Waals surface area contributed by atoms with Crippen molar-refractivity contribution in [3.8, 4) is 11.5 Å². The topological polar surface area (TPSA) is 56.8 Å². The molecule has 0 spiro atoms. The summed E-state index contributed by atoms with van der Waals surface area (Å²) in [6.45, 7) is 7.07. The molecule has 1 amide bonds. The molecule has 0 aromatic heterocycles. The van der Waals surface area contributed by atoms with Crippen molar-refractivity contribution in [2.45, 2.75) is 44.8 Å². The van der Waals surface area contributed by atoms with Gasteiger partial charge in [0.15, 0.2) is 0 Å². The SMILES string of the molecule is CC(C)c1ccc(NC(=O)Oc2ccc3c(c2)[C@]2(C)CCOC2O3)cc1. The number of anilines is 1. The average Bonchev–Trinajstić information content (AvgIpc) is 3.09. The van der Waals surface area contributed by atoms with Crippen molar-refractivity contribution in [2.75, 3.05) is 11.9 Å². The molecule has 2 heterocycles. The largest absolute Gasteiger partial charge is 0.464 e. The summed E-state index contributed by atoms with van der Waals surface area (Å²) in [7, 11) is 0. The van der Waals surface area contributed by atoms with Crippen LogP contribution in [-0.4, -0.2) is 19.0 Å². The van der Waals surface area contributed by atoms with E-state index in [2.05, 4.69) is 26.1 Å². The first-order valence-corrected chi connectivity index (χ1v) is 8.97. The predicted molar refractivity (Wildman–Crippen MR) is 99.0 cm³/mol. The Labute approximate surface area is 153 Å². The summed E-state index contributed by atoms with van der Waals surface area (Å²) in [5.41, 5.74) is 2.79. The zero-order valence-corrected chi connectivity index (χ0v) is 15.2. The fourth-order valence-electron chi connectivity index (χ4n) is 3.54. The van der Waals surface area contributed by atoms with Gasteiger partial charge in [-0.1, -0.05) is 26.0 Å². The smallest absolute Gasteiger partial charge is 0.417 e. The minimum Gasteiger partial charge on any atom is -0.464 e. The monoisotopic (exact) mass is 353 g/mol. The molecule has 2 aliphatic heterocycles. The quantitative estimate of drug-likeness (QED) is 0.860. The Morgan fingerprint density at radius 3 is 2.73 bits per heavy atom. The Balaban J connectivity index is 1.45. The molecule has 0 aliphatic carbocycles. The van der Waals surface area contributed by atoms with Gasteiger partial charge in [0.1, 0.15) is 11.5 Å². The lowest BCUT2D eigenvalue weighted by molar-refractivity contribution is -0.0514. The van der Waals surface area contributed by atoms with Gasteiger partial charge in [-0.15, -0.1) is 0 Å². The molecular weight excluding hydrogens is 330 g/mol. The zero-order chi connectivity index (χ0) is 18.3. The van der Waals surface area contributed by atoms with E-state index in [0.717, 1.165) is 17.7 Å². The molecule has 1 unspecified atom stereocenters. The molecule has 0 radical (unpaired) electrons. The number of benzene rings is 2. The minimum atomic E-state index is -0.509. The lowest BCUT2D eigenvalue weighted by Gasteiger charge is -2.20. The van der Waals surface area contributed by atoms with Gasteiger partial charge in [0.05, 0.1) is 12.0 Å². The second kappa shape index (κ2) is 6.32. The molecule has 5 nitrogen and oxygen atoms in total. The molecule has 4 rings (SSSR count). The van der Waals surface area contributed by atoms with Gasteiger partial charge in [-0.25, -0.2) is 4.79 Å². The van der Waals surface area contributed by atoms with Crippen molar-refractivity contribution in [1.82, 2.24) is 0 Å². The van der Waals surface area contributed by atoms with Crippen LogP contribution in [0.3, 0.4) is 0 Å². The van der Waals surface area contributed by atoms with Crippen molar-refractivity contribution >= 4 is 11.8 Å². The van der Waals surface area contributed by atoms with E-state index in [0.29, 0.717) is 24.0 Å². The zero-order valence-electron chi connectivity index (χ0n) is 15.2. The van der Waals surface area contributed by atoms with E-state index in [4.69, 9.17) is 14.2 Å². The van der Waals surface area contributed by atoms with Crippen molar-refractivity contribution in [2.24, 2.45) is 0 Å².